The normalized spacial score (nSPS) is 20.1. The van der Waals surface area contributed by atoms with Crippen LogP contribution >= 0.6 is 23.2 Å². The Balaban J connectivity index is 2.38. The molecule has 0 spiro atoms. The van der Waals surface area contributed by atoms with Gasteiger partial charge >= 0.3 is 0 Å². The lowest BCUT2D eigenvalue weighted by molar-refractivity contribution is 0.428. The minimum absolute atomic E-state index is 0.0924. The lowest BCUT2D eigenvalue weighted by atomic mass is 10.1. The summed E-state index contributed by atoms with van der Waals surface area (Å²) in [4.78, 5) is 0.0924. The predicted octanol–water partition coefficient (Wildman–Crippen LogP) is 2.64. The first-order valence-electron chi connectivity index (χ1n) is 6.51. The van der Waals surface area contributed by atoms with Gasteiger partial charge in [-0.1, -0.05) is 23.2 Å². The summed E-state index contributed by atoms with van der Waals surface area (Å²) < 4.78 is 27.8. The van der Waals surface area contributed by atoms with E-state index in [0.717, 1.165) is 19.4 Å². The summed E-state index contributed by atoms with van der Waals surface area (Å²) in [5.74, 6) is 0. The molecule has 0 amide bonds. The molecule has 0 aromatic heterocycles. The maximum atomic E-state index is 12.6. The molecular formula is C13H18Cl2N2O2S. The molecule has 1 fully saturated rings. The third kappa shape index (κ3) is 3.28. The molecule has 2 N–H and O–H groups in total. The molecule has 7 heteroatoms. The van der Waals surface area contributed by atoms with Gasteiger partial charge in [0.1, 0.15) is 4.90 Å². The molecule has 0 saturated carbocycles. The molecule has 0 radical (unpaired) electrons. The van der Waals surface area contributed by atoms with E-state index in [1.165, 1.54) is 0 Å². The highest BCUT2D eigenvalue weighted by atomic mass is 35.5. The quantitative estimate of drug-likeness (QED) is 0.891. The summed E-state index contributed by atoms with van der Waals surface area (Å²) in [6.45, 7) is 4.97. The average Bonchev–Trinajstić information content (AvgIpc) is 2.37. The molecule has 1 aromatic carbocycles. The number of halogens is 2. The Bertz CT molecular complexity index is 585. The molecule has 1 saturated heterocycles. The first-order chi connectivity index (χ1) is 9.33. The van der Waals surface area contributed by atoms with Crippen molar-refractivity contribution in [1.29, 1.82) is 0 Å². The van der Waals surface area contributed by atoms with E-state index in [1.807, 2.05) is 0 Å². The van der Waals surface area contributed by atoms with Crippen LogP contribution in [0.3, 0.4) is 0 Å². The standard InChI is InChI=1S/C13H18Cl2N2O2S/c1-8-6-11(14)9(2)13(12(8)15)20(18,19)17-10-4-3-5-16-7-10/h6,10,16-17H,3-5,7H2,1-2H3/t10-/m0/s1. The van der Waals surface area contributed by atoms with Gasteiger partial charge in [0, 0.05) is 17.6 Å². The topological polar surface area (TPSA) is 58.2 Å². The maximum Gasteiger partial charge on any atom is 0.242 e. The Morgan fingerprint density at radius 1 is 1.35 bits per heavy atom. The number of aryl methyl sites for hydroxylation is 1. The van der Waals surface area contributed by atoms with Crippen LogP contribution in [0.1, 0.15) is 24.0 Å². The van der Waals surface area contributed by atoms with E-state index >= 15 is 0 Å². The summed E-state index contributed by atoms with van der Waals surface area (Å²) in [7, 11) is -3.67. The van der Waals surface area contributed by atoms with E-state index in [4.69, 9.17) is 23.2 Å². The summed E-state index contributed by atoms with van der Waals surface area (Å²) in [5.41, 5.74) is 1.14. The van der Waals surface area contributed by atoms with E-state index in [9.17, 15) is 8.42 Å². The van der Waals surface area contributed by atoms with Gasteiger partial charge in [-0.2, -0.15) is 0 Å². The molecule has 1 aliphatic rings. The zero-order valence-corrected chi connectivity index (χ0v) is 13.8. The van der Waals surface area contributed by atoms with Crippen molar-refractivity contribution in [3.8, 4) is 0 Å². The molecule has 1 aliphatic heterocycles. The van der Waals surface area contributed by atoms with Gasteiger partial charge in [0.15, 0.2) is 0 Å². The third-order valence-corrected chi connectivity index (χ3v) is 6.16. The number of nitrogens with one attached hydrogen (secondary N) is 2. The highest BCUT2D eigenvalue weighted by molar-refractivity contribution is 7.89. The fourth-order valence-corrected chi connectivity index (χ4v) is 4.85. The molecule has 2 rings (SSSR count). The van der Waals surface area contributed by atoms with Gasteiger partial charge < -0.3 is 5.32 Å². The van der Waals surface area contributed by atoms with Gasteiger partial charge in [-0.15, -0.1) is 0 Å². The number of piperidine rings is 1. The van der Waals surface area contributed by atoms with Crippen molar-refractivity contribution in [2.45, 2.75) is 37.6 Å². The highest BCUT2D eigenvalue weighted by Crippen LogP contribution is 2.33. The summed E-state index contributed by atoms with van der Waals surface area (Å²) in [5, 5.41) is 3.83. The number of sulfonamides is 1. The molecule has 0 unspecified atom stereocenters. The minimum Gasteiger partial charge on any atom is -0.315 e. The van der Waals surface area contributed by atoms with E-state index in [-0.39, 0.29) is 16.0 Å². The van der Waals surface area contributed by atoms with E-state index in [0.29, 0.717) is 22.7 Å². The first-order valence-corrected chi connectivity index (χ1v) is 8.75. The van der Waals surface area contributed by atoms with Gasteiger partial charge in [-0.25, -0.2) is 13.1 Å². The van der Waals surface area contributed by atoms with Gasteiger partial charge in [-0.3, -0.25) is 0 Å². The van der Waals surface area contributed by atoms with Crippen LogP contribution in [0, 0.1) is 13.8 Å². The molecule has 1 atom stereocenters. The largest absolute Gasteiger partial charge is 0.315 e. The molecule has 20 heavy (non-hydrogen) atoms. The predicted molar refractivity (Wildman–Crippen MR) is 82.1 cm³/mol. The number of hydrogen-bond donors (Lipinski definition) is 2. The Labute approximate surface area is 129 Å². The highest BCUT2D eigenvalue weighted by Gasteiger charge is 2.27. The third-order valence-electron chi connectivity index (χ3n) is 3.48. The van der Waals surface area contributed by atoms with Gasteiger partial charge in [0.05, 0.1) is 5.02 Å². The molecule has 1 aromatic rings. The van der Waals surface area contributed by atoms with E-state index in [1.54, 1.807) is 19.9 Å². The Kier molecular flexibility index (Phi) is 4.97. The van der Waals surface area contributed by atoms with Crippen molar-refractivity contribution in [2.24, 2.45) is 0 Å². The van der Waals surface area contributed by atoms with Crippen molar-refractivity contribution < 1.29 is 8.42 Å². The zero-order chi connectivity index (χ0) is 14.9. The SMILES string of the molecule is Cc1cc(Cl)c(C)c(S(=O)(=O)N[C@H]2CCCNC2)c1Cl. The van der Waals surface area contributed by atoms with Crippen molar-refractivity contribution >= 4 is 33.2 Å². The van der Waals surface area contributed by atoms with Crippen molar-refractivity contribution in [2.75, 3.05) is 13.1 Å². The van der Waals surface area contributed by atoms with E-state index in [2.05, 4.69) is 10.0 Å². The summed E-state index contributed by atoms with van der Waals surface area (Å²) >= 11 is 12.3. The number of hydrogen-bond acceptors (Lipinski definition) is 3. The lowest BCUT2D eigenvalue weighted by Crippen LogP contribution is -2.45. The van der Waals surface area contributed by atoms with Crippen LogP contribution in [-0.2, 0) is 10.0 Å². The second-order valence-corrected chi connectivity index (χ2v) is 7.54. The first kappa shape index (κ1) is 16.0. The van der Waals surface area contributed by atoms with Crippen molar-refractivity contribution in [1.82, 2.24) is 10.0 Å². The van der Waals surface area contributed by atoms with Crippen molar-refractivity contribution in [3.63, 3.8) is 0 Å². The summed E-state index contributed by atoms with van der Waals surface area (Å²) in [6, 6.07) is 1.57. The zero-order valence-electron chi connectivity index (χ0n) is 11.5. The summed E-state index contributed by atoms with van der Waals surface area (Å²) in [6.07, 6.45) is 1.77. The second kappa shape index (κ2) is 6.20. The fourth-order valence-electron chi connectivity index (χ4n) is 2.36. The Hall–Kier alpha value is -0.330. The Morgan fingerprint density at radius 2 is 2.05 bits per heavy atom. The fraction of sp³-hybridized carbons (Fsp3) is 0.538. The van der Waals surface area contributed by atoms with Crippen LogP contribution in [0.2, 0.25) is 10.0 Å². The van der Waals surface area contributed by atoms with Crippen LogP contribution in [0.4, 0.5) is 0 Å². The molecular weight excluding hydrogens is 319 g/mol. The maximum absolute atomic E-state index is 12.6. The van der Waals surface area contributed by atoms with Gasteiger partial charge in [0.2, 0.25) is 10.0 Å². The van der Waals surface area contributed by atoms with Crippen LogP contribution in [-0.4, -0.2) is 27.5 Å². The van der Waals surface area contributed by atoms with Crippen LogP contribution < -0.4 is 10.0 Å². The van der Waals surface area contributed by atoms with Crippen LogP contribution in [0.5, 0.6) is 0 Å². The number of rotatable bonds is 3. The van der Waals surface area contributed by atoms with Gasteiger partial charge in [-0.05, 0) is 50.4 Å². The second-order valence-electron chi connectivity index (χ2n) is 5.11. The molecule has 0 bridgehead atoms. The monoisotopic (exact) mass is 336 g/mol. The van der Waals surface area contributed by atoms with E-state index < -0.39 is 10.0 Å². The molecule has 112 valence electrons. The van der Waals surface area contributed by atoms with Crippen LogP contribution in [0.15, 0.2) is 11.0 Å². The molecule has 1 heterocycles. The molecule has 0 aliphatic carbocycles. The van der Waals surface area contributed by atoms with Crippen LogP contribution in [0.25, 0.3) is 0 Å². The average molecular weight is 337 g/mol. The lowest BCUT2D eigenvalue weighted by Gasteiger charge is -2.24. The Morgan fingerprint density at radius 3 is 2.65 bits per heavy atom. The minimum atomic E-state index is -3.67. The van der Waals surface area contributed by atoms with Crippen molar-refractivity contribution in [3.05, 3.63) is 27.2 Å². The molecule has 4 nitrogen and oxygen atoms in total. The van der Waals surface area contributed by atoms with Gasteiger partial charge in [0.25, 0.3) is 0 Å². The smallest absolute Gasteiger partial charge is 0.242 e. The number of benzene rings is 1.